The van der Waals surface area contributed by atoms with Crippen LogP contribution in [-0.2, 0) is 5.41 Å². The van der Waals surface area contributed by atoms with E-state index in [0.717, 1.165) is 44.9 Å². The van der Waals surface area contributed by atoms with Gasteiger partial charge in [0.15, 0.2) is 17.5 Å². The summed E-state index contributed by atoms with van der Waals surface area (Å²) in [6, 6.07) is 61.3. The molecule has 10 rings (SSSR count). The number of aromatic nitrogens is 3. The molecule has 1 spiro atoms. The maximum Gasteiger partial charge on any atom is 0.164 e. The van der Waals surface area contributed by atoms with Crippen LogP contribution in [-0.4, -0.2) is 15.0 Å². The molecule has 0 atom stereocenters. The minimum atomic E-state index is -0.571. The van der Waals surface area contributed by atoms with Gasteiger partial charge in [-0.25, -0.2) is 15.0 Å². The monoisotopic (exact) mass is 639 g/mol. The third-order valence-electron chi connectivity index (χ3n) is 10.0. The predicted molar refractivity (Wildman–Crippen MR) is 199 cm³/mol. The first kappa shape index (κ1) is 28.4. The molecule has 0 saturated carbocycles. The first-order chi connectivity index (χ1) is 24.8. The fourth-order valence-electron chi connectivity index (χ4n) is 7.79. The molecule has 1 aromatic heterocycles. The largest absolute Gasteiger partial charge is 0.457 e. The Labute approximate surface area is 290 Å². The van der Waals surface area contributed by atoms with Crippen molar-refractivity contribution < 1.29 is 4.74 Å². The standard InChI is InChI=1S/C46H29N3O/c1-3-13-30(14-4-1)31-23-25-33(26-24-31)44-47-43(32-15-5-2-6-16-32)48-45(49-44)34-27-28-42-40(29-34)46(39-21-11-12-22-41(39)50-42)37-19-9-7-17-35(37)36-18-8-10-20-38(36)46/h1-29H. The Kier molecular flexibility index (Phi) is 6.36. The highest BCUT2D eigenvalue weighted by Crippen LogP contribution is 2.62. The van der Waals surface area contributed by atoms with Gasteiger partial charge in [-0.3, -0.25) is 0 Å². The van der Waals surface area contributed by atoms with Crippen molar-refractivity contribution in [2.75, 3.05) is 0 Å². The molecule has 1 aliphatic carbocycles. The predicted octanol–water partition coefficient (Wildman–Crippen LogP) is 11.0. The van der Waals surface area contributed by atoms with E-state index in [2.05, 4.69) is 133 Å². The maximum absolute atomic E-state index is 6.67. The highest BCUT2D eigenvalue weighted by molar-refractivity contribution is 5.89. The fraction of sp³-hybridized carbons (Fsp3) is 0.0217. The summed E-state index contributed by atoms with van der Waals surface area (Å²) in [7, 11) is 0. The van der Waals surface area contributed by atoms with Gasteiger partial charge in [0.25, 0.3) is 0 Å². The Hall–Kier alpha value is -6.65. The van der Waals surface area contributed by atoms with Crippen LogP contribution < -0.4 is 4.74 Å². The lowest BCUT2D eigenvalue weighted by molar-refractivity contribution is 0.436. The first-order valence-electron chi connectivity index (χ1n) is 16.9. The molecule has 50 heavy (non-hydrogen) atoms. The van der Waals surface area contributed by atoms with Gasteiger partial charge >= 0.3 is 0 Å². The molecule has 0 radical (unpaired) electrons. The molecule has 0 N–H and O–H groups in total. The van der Waals surface area contributed by atoms with Gasteiger partial charge in [-0.2, -0.15) is 0 Å². The van der Waals surface area contributed by atoms with Crippen LogP contribution >= 0.6 is 0 Å². The summed E-state index contributed by atoms with van der Waals surface area (Å²) < 4.78 is 6.67. The lowest BCUT2D eigenvalue weighted by Crippen LogP contribution is -2.32. The van der Waals surface area contributed by atoms with Crippen LogP contribution in [0.25, 0.3) is 56.4 Å². The molecule has 0 bridgehead atoms. The van der Waals surface area contributed by atoms with Crippen molar-refractivity contribution in [2.45, 2.75) is 5.41 Å². The van der Waals surface area contributed by atoms with Crippen molar-refractivity contribution in [3.05, 3.63) is 198 Å². The molecular formula is C46H29N3O. The number of rotatable bonds is 4. The smallest absolute Gasteiger partial charge is 0.164 e. The van der Waals surface area contributed by atoms with Crippen LogP contribution in [0.5, 0.6) is 11.5 Å². The summed E-state index contributed by atoms with van der Waals surface area (Å²) in [6.45, 7) is 0. The van der Waals surface area contributed by atoms with Crippen molar-refractivity contribution >= 4 is 0 Å². The summed E-state index contributed by atoms with van der Waals surface area (Å²) in [5.41, 5.74) is 11.7. The normalized spacial score (nSPS) is 13.1. The fourth-order valence-corrected chi connectivity index (χ4v) is 7.79. The molecule has 1 aliphatic heterocycles. The molecule has 0 fully saturated rings. The first-order valence-corrected chi connectivity index (χ1v) is 16.9. The van der Waals surface area contributed by atoms with Gasteiger partial charge in [-0.05, 0) is 57.6 Å². The van der Waals surface area contributed by atoms with Crippen LogP contribution in [0.4, 0.5) is 0 Å². The molecule has 8 aromatic rings. The average molecular weight is 640 g/mol. The molecule has 2 aliphatic rings. The van der Waals surface area contributed by atoms with Crippen LogP contribution in [0, 0.1) is 0 Å². The summed E-state index contributed by atoms with van der Waals surface area (Å²) in [4.78, 5) is 15.2. The number of hydrogen-bond acceptors (Lipinski definition) is 4. The average Bonchev–Trinajstić information content (AvgIpc) is 3.49. The van der Waals surface area contributed by atoms with Crippen molar-refractivity contribution in [1.29, 1.82) is 0 Å². The minimum absolute atomic E-state index is 0.571. The molecule has 7 aromatic carbocycles. The number of ether oxygens (including phenoxy) is 1. The number of fused-ring (bicyclic) bond motifs is 9. The SMILES string of the molecule is c1ccc(-c2ccc(-c3nc(-c4ccccc4)nc(-c4ccc5c(c4)C4(c6ccccc6O5)c5ccccc5-c5ccccc54)n3)cc2)cc1. The molecular weight excluding hydrogens is 611 g/mol. The van der Waals surface area contributed by atoms with Crippen molar-refractivity contribution in [3.63, 3.8) is 0 Å². The van der Waals surface area contributed by atoms with E-state index >= 15 is 0 Å². The van der Waals surface area contributed by atoms with E-state index in [-0.39, 0.29) is 0 Å². The Bertz CT molecular complexity index is 2520. The summed E-state index contributed by atoms with van der Waals surface area (Å²) in [6.07, 6.45) is 0. The Morgan fingerprint density at radius 1 is 0.320 bits per heavy atom. The van der Waals surface area contributed by atoms with E-state index in [0.29, 0.717) is 17.5 Å². The second kappa shape index (κ2) is 11.2. The van der Waals surface area contributed by atoms with E-state index in [9.17, 15) is 0 Å². The lowest BCUT2D eigenvalue weighted by Gasteiger charge is -2.39. The Balaban J connectivity index is 1.18. The van der Waals surface area contributed by atoms with Gasteiger partial charge < -0.3 is 4.74 Å². The summed E-state index contributed by atoms with van der Waals surface area (Å²) in [5.74, 6) is 3.56. The molecule has 0 saturated heterocycles. The number of hydrogen-bond donors (Lipinski definition) is 0. The second-order valence-corrected chi connectivity index (χ2v) is 12.8. The highest BCUT2D eigenvalue weighted by atomic mass is 16.5. The molecule has 4 nitrogen and oxygen atoms in total. The molecule has 234 valence electrons. The van der Waals surface area contributed by atoms with Gasteiger partial charge in [0.05, 0.1) is 5.41 Å². The van der Waals surface area contributed by atoms with Crippen LogP contribution in [0.1, 0.15) is 22.3 Å². The van der Waals surface area contributed by atoms with Crippen LogP contribution in [0.2, 0.25) is 0 Å². The zero-order valence-corrected chi connectivity index (χ0v) is 27.0. The second-order valence-electron chi connectivity index (χ2n) is 12.8. The zero-order chi connectivity index (χ0) is 33.1. The quantitative estimate of drug-likeness (QED) is 0.192. The van der Waals surface area contributed by atoms with Crippen molar-refractivity contribution in [1.82, 2.24) is 15.0 Å². The summed E-state index contributed by atoms with van der Waals surface area (Å²) in [5, 5.41) is 0. The Morgan fingerprint density at radius 2 is 0.740 bits per heavy atom. The van der Waals surface area contributed by atoms with E-state index in [1.165, 1.54) is 27.8 Å². The Morgan fingerprint density at radius 3 is 1.38 bits per heavy atom. The van der Waals surface area contributed by atoms with Gasteiger partial charge in [-0.1, -0.05) is 152 Å². The van der Waals surface area contributed by atoms with Gasteiger partial charge in [-0.15, -0.1) is 0 Å². The van der Waals surface area contributed by atoms with E-state index in [4.69, 9.17) is 19.7 Å². The molecule has 2 heterocycles. The summed E-state index contributed by atoms with van der Waals surface area (Å²) >= 11 is 0. The van der Waals surface area contributed by atoms with Crippen molar-refractivity contribution in [2.24, 2.45) is 0 Å². The van der Waals surface area contributed by atoms with E-state index in [1.54, 1.807) is 0 Å². The van der Waals surface area contributed by atoms with E-state index < -0.39 is 5.41 Å². The van der Waals surface area contributed by atoms with E-state index in [1.807, 2.05) is 42.5 Å². The number of benzene rings is 7. The third kappa shape index (κ3) is 4.28. The molecule has 0 amide bonds. The zero-order valence-electron chi connectivity index (χ0n) is 27.0. The highest BCUT2D eigenvalue weighted by Gasteiger charge is 2.51. The van der Waals surface area contributed by atoms with Gasteiger partial charge in [0, 0.05) is 27.8 Å². The van der Waals surface area contributed by atoms with Gasteiger partial charge in [0.1, 0.15) is 11.5 Å². The molecule has 0 unspecified atom stereocenters. The lowest BCUT2D eigenvalue weighted by atomic mass is 9.66. The topological polar surface area (TPSA) is 47.9 Å². The maximum atomic E-state index is 6.67. The van der Waals surface area contributed by atoms with Crippen LogP contribution in [0.15, 0.2) is 176 Å². The van der Waals surface area contributed by atoms with Crippen molar-refractivity contribution in [3.8, 4) is 67.9 Å². The minimum Gasteiger partial charge on any atom is -0.457 e. The number of nitrogens with zero attached hydrogens (tertiary/aromatic N) is 3. The number of para-hydroxylation sites is 1. The third-order valence-corrected chi connectivity index (χ3v) is 10.0. The van der Waals surface area contributed by atoms with Crippen LogP contribution in [0.3, 0.4) is 0 Å². The molecule has 4 heteroatoms. The van der Waals surface area contributed by atoms with Gasteiger partial charge in [0.2, 0.25) is 0 Å².